The molecular formula is C6H9FN2S. The number of nitrogens with zero attached hydrogens (tertiary/aromatic N) is 1. The van der Waals surface area contributed by atoms with E-state index < -0.39 is 6.67 Å². The fourth-order valence-corrected chi connectivity index (χ4v) is 1.32. The highest BCUT2D eigenvalue weighted by Crippen LogP contribution is 2.18. The van der Waals surface area contributed by atoms with Gasteiger partial charge >= 0.3 is 0 Å². The van der Waals surface area contributed by atoms with E-state index in [4.69, 9.17) is 5.73 Å². The van der Waals surface area contributed by atoms with Crippen molar-refractivity contribution in [2.75, 3.05) is 0 Å². The van der Waals surface area contributed by atoms with E-state index in [0.29, 0.717) is 5.01 Å². The van der Waals surface area contributed by atoms with Crippen molar-refractivity contribution in [3.8, 4) is 0 Å². The molecule has 0 amide bonds. The number of nitrogens with two attached hydrogens (primary N) is 1. The van der Waals surface area contributed by atoms with Crippen LogP contribution >= 0.6 is 11.3 Å². The monoisotopic (exact) mass is 160 g/mol. The van der Waals surface area contributed by atoms with Crippen molar-refractivity contribution in [3.05, 3.63) is 16.1 Å². The molecule has 1 aromatic rings. The second-order valence-electron chi connectivity index (χ2n) is 2.08. The molecule has 1 unspecified atom stereocenters. The molecule has 0 bridgehead atoms. The van der Waals surface area contributed by atoms with E-state index >= 15 is 0 Å². The number of hydrogen-bond acceptors (Lipinski definition) is 3. The normalized spacial score (nSPS) is 13.5. The van der Waals surface area contributed by atoms with Crippen molar-refractivity contribution < 1.29 is 4.39 Å². The van der Waals surface area contributed by atoms with Gasteiger partial charge in [0.25, 0.3) is 0 Å². The summed E-state index contributed by atoms with van der Waals surface area (Å²) in [6.45, 7) is 1.37. The van der Waals surface area contributed by atoms with E-state index in [2.05, 4.69) is 4.98 Å². The Kier molecular flexibility index (Phi) is 2.34. The summed E-state index contributed by atoms with van der Waals surface area (Å²) >= 11 is 1.33. The van der Waals surface area contributed by atoms with Crippen LogP contribution in [0.5, 0.6) is 0 Å². The van der Waals surface area contributed by atoms with Gasteiger partial charge in [0.1, 0.15) is 11.7 Å². The molecule has 10 heavy (non-hydrogen) atoms. The maximum atomic E-state index is 11.9. The Labute approximate surface area is 62.9 Å². The summed E-state index contributed by atoms with van der Waals surface area (Å²) in [5.74, 6) is 0. The Morgan fingerprint density at radius 1 is 1.90 bits per heavy atom. The van der Waals surface area contributed by atoms with Gasteiger partial charge in [0.05, 0.1) is 0 Å². The smallest absolute Gasteiger partial charge is 0.141 e. The van der Waals surface area contributed by atoms with Gasteiger partial charge < -0.3 is 5.73 Å². The second kappa shape index (κ2) is 3.07. The van der Waals surface area contributed by atoms with Gasteiger partial charge in [-0.1, -0.05) is 0 Å². The van der Waals surface area contributed by atoms with E-state index in [-0.39, 0.29) is 6.04 Å². The number of alkyl halides is 1. The lowest BCUT2D eigenvalue weighted by Crippen LogP contribution is -2.01. The first-order valence-corrected chi connectivity index (χ1v) is 3.82. The van der Waals surface area contributed by atoms with Crippen LogP contribution in [0, 0.1) is 0 Å². The van der Waals surface area contributed by atoms with Crippen LogP contribution in [0.1, 0.15) is 22.9 Å². The molecule has 0 spiro atoms. The van der Waals surface area contributed by atoms with Gasteiger partial charge in [-0.2, -0.15) is 0 Å². The summed E-state index contributed by atoms with van der Waals surface area (Å²) in [6, 6.07) is -0.0298. The molecule has 1 atom stereocenters. The van der Waals surface area contributed by atoms with Gasteiger partial charge in [0, 0.05) is 17.1 Å². The quantitative estimate of drug-likeness (QED) is 0.714. The lowest BCUT2D eigenvalue weighted by atomic mass is 10.3. The summed E-state index contributed by atoms with van der Waals surface area (Å²) in [6.07, 6.45) is 1.63. The summed E-state index contributed by atoms with van der Waals surface area (Å²) in [5, 5.41) is 0.507. The van der Waals surface area contributed by atoms with E-state index in [1.165, 1.54) is 11.3 Å². The van der Waals surface area contributed by atoms with Gasteiger partial charge in [0.2, 0.25) is 0 Å². The van der Waals surface area contributed by atoms with Crippen molar-refractivity contribution in [2.24, 2.45) is 5.73 Å². The molecule has 0 saturated heterocycles. The maximum absolute atomic E-state index is 11.9. The molecular weight excluding hydrogens is 151 g/mol. The van der Waals surface area contributed by atoms with Crippen LogP contribution in [0.15, 0.2) is 6.20 Å². The Morgan fingerprint density at radius 3 is 2.90 bits per heavy atom. The minimum Gasteiger partial charge on any atom is -0.323 e. The zero-order valence-electron chi connectivity index (χ0n) is 5.67. The predicted molar refractivity (Wildman–Crippen MR) is 39.5 cm³/mol. The highest BCUT2D eigenvalue weighted by atomic mass is 32.1. The van der Waals surface area contributed by atoms with Crippen molar-refractivity contribution >= 4 is 11.3 Å². The first kappa shape index (κ1) is 7.63. The Balaban J connectivity index is 2.78. The molecule has 0 aliphatic carbocycles. The number of halogens is 1. The molecule has 2 nitrogen and oxygen atoms in total. The van der Waals surface area contributed by atoms with E-state index in [1.54, 1.807) is 6.20 Å². The number of rotatable bonds is 2. The highest BCUT2D eigenvalue weighted by Gasteiger charge is 2.04. The fraction of sp³-hybridized carbons (Fsp3) is 0.500. The second-order valence-corrected chi connectivity index (χ2v) is 3.23. The average molecular weight is 160 g/mol. The van der Waals surface area contributed by atoms with Crippen LogP contribution < -0.4 is 5.73 Å². The van der Waals surface area contributed by atoms with Gasteiger partial charge in [-0.25, -0.2) is 9.37 Å². The summed E-state index contributed by atoms with van der Waals surface area (Å²) < 4.78 is 11.9. The van der Waals surface area contributed by atoms with Gasteiger partial charge in [-0.15, -0.1) is 11.3 Å². The lowest BCUT2D eigenvalue weighted by Gasteiger charge is -1.95. The van der Waals surface area contributed by atoms with Crippen molar-refractivity contribution in [2.45, 2.75) is 19.6 Å². The number of hydrogen-bond donors (Lipinski definition) is 1. The van der Waals surface area contributed by atoms with Crippen LogP contribution in [0.25, 0.3) is 0 Å². The molecule has 0 aromatic carbocycles. The SMILES string of the molecule is CC(N)c1cnc(CF)s1. The molecule has 0 aliphatic heterocycles. The number of thiazole rings is 1. The summed E-state index contributed by atoms with van der Waals surface area (Å²) in [5.41, 5.74) is 5.53. The van der Waals surface area contributed by atoms with Crippen LogP contribution in [0.3, 0.4) is 0 Å². The Morgan fingerprint density at radius 2 is 2.60 bits per heavy atom. The molecule has 1 rings (SSSR count). The molecule has 0 fully saturated rings. The third-order valence-electron chi connectivity index (χ3n) is 1.13. The molecule has 0 radical (unpaired) electrons. The molecule has 0 aliphatic rings. The molecule has 0 saturated carbocycles. The van der Waals surface area contributed by atoms with Crippen molar-refractivity contribution in [1.82, 2.24) is 4.98 Å². The Bertz CT molecular complexity index is 209. The molecule has 4 heteroatoms. The molecule has 2 N–H and O–H groups in total. The van der Waals surface area contributed by atoms with Gasteiger partial charge in [0.15, 0.2) is 0 Å². The first-order chi connectivity index (χ1) is 4.74. The lowest BCUT2D eigenvalue weighted by molar-refractivity contribution is 0.483. The average Bonchev–Trinajstić information content (AvgIpc) is 2.34. The summed E-state index contributed by atoms with van der Waals surface area (Å²) in [4.78, 5) is 4.76. The van der Waals surface area contributed by atoms with Crippen LogP contribution in [-0.4, -0.2) is 4.98 Å². The minimum atomic E-state index is -0.489. The van der Waals surface area contributed by atoms with E-state index in [1.807, 2.05) is 6.92 Å². The Hall–Kier alpha value is -0.480. The number of aromatic nitrogens is 1. The first-order valence-electron chi connectivity index (χ1n) is 3.00. The van der Waals surface area contributed by atoms with Gasteiger partial charge in [-0.05, 0) is 6.92 Å². The van der Waals surface area contributed by atoms with Gasteiger partial charge in [-0.3, -0.25) is 0 Å². The molecule has 56 valence electrons. The predicted octanol–water partition coefficient (Wildman–Crippen LogP) is 1.63. The minimum absolute atomic E-state index is 0.0298. The van der Waals surface area contributed by atoms with Crippen LogP contribution in [0.2, 0.25) is 0 Å². The maximum Gasteiger partial charge on any atom is 0.141 e. The zero-order valence-corrected chi connectivity index (χ0v) is 6.49. The van der Waals surface area contributed by atoms with E-state index in [9.17, 15) is 4.39 Å². The van der Waals surface area contributed by atoms with Crippen LogP contribution in [-0.2, 0) is 6.67 Å². The highest BCUT2D eigenvalue weighted by molar-refractivity contribution is 7.11. The fourth-order valence-electron chi connectivity index (χ4n) is 0.597. The molecule has 1 aromatic heterocycles. The van der Waals surface area contributed by atoms with Crippen molar-refractivity contribution in [3.63, 3.8) is 0 Å². The third kappa shape index (κ3) is 1.52. The molecule has 1 heterocycles. The summed E-state index contributed by atoms with van der Waals surface area (Å²) in [7, 11) is 0. The largest absolute Gasteiger partial charge is 0.323 e. The topological polar surface area (TPSA) is 38.9 Å². The van der Waals surface area contributed by atoms with Crippen LogP contribution in [0.4, 0.5) is 4.39 Å². The third-order valence-corrected chi connectivity index (χ3v) is 2.30. The standard InChI is InChI=1S/C6H9FN2S/c1-4(8)5-3-9-6(2-7)10-5/h3-4H,2,8H2,1H3. The van der Waals surface area contributed by atoms with Crippen molar-refractivity contribution in [1.29, 1.82) is 0 Å². The van der Waals surface area contributed by atoms with E-state index in [0.717, 1.165) is 4.88 Å². The zero-order chi connectivity index (χ0) is 7.56.